The number of aromatic nitrogens is 3. The molecular formula is C56H32N6. The molecule has 0 saturated carbocycles. The Morgan fingerprint density at radius 3 is 1.29 bits per heavy atom. The maximum atomic E-state index is 10.4. The Hall–Kier alpha value is -9.02. The van der Waals surface area contributed by atoms with Crippen LogP contribution in [0.25, 0.3) is 100 Å². The second-order valence-electron chi connectivity index (χ2n) is 15.0. The standard InChI is InChI=1S/C56H32N6/c57-33-36-8-12-42(13-9-36)54-60-55(43-14-10-37(34-58)11-15-43)62-56(61-54)44-23-20-38(21-24-44)45-5-3-6-48(30-45)51-28-26-47(32-50(51)35-59)40-18-16-39(17-19-40)46-27-29-53-49(31-46)25-22-41-4-1-2-7-52(41)53/h1-32H. The molecular weight excluding hydrogens is 757 g/mol. The summed E-state index contributed by atoms with van der Waals surface area (Å²) in [6, 6.07) is 71.5. The summed E-state index contributed by atoms with van der Waals surface area (Å²) in [5, 5.41) is 34.0. The Morgan fingerprint density at radius 1 is 0.290 bits per heavy atom. The van der Waals surface area contributed by atoms with Crippen molar-refractivity contribution in [3.63, 3.8) is 0 Å². The van der Waals surface area contributed by atoms with E-state index in [1.165, 1.54) is 21.5 Å². The Bertz CT molecular complexity index is 3380. The average molecular weight is 789 g/mol. The first kappa shape index (κ1) is 37.3. The van der Waals surface area contributed by atoms with Crippen LogP contribution in [0.4, 0.5) is 0 Å². The average Bonchev–Trinajstić information content (AvgIpc) is 3.36. The van der Waals surface area contributed by atoms with Crippen molar-refractivity contribution in [2.75, 3.05) is 0 Å². The molecule has 6 heteroatoms. The molecule has 1 heterocycles. The Balaban J connectivity index is 0.913. The van der Waals surface area contributed by atoms with Crippen LogP contribution in [0.2, 0.25) is 0 Å². The maximum Gasteiger partial charge on any atom is 0.164 e. The highest BCUT2D eigenvalue weighted by molar-refractivity contribution is 6.08. The number of nitriles is 3. The number of hydrogen-bond acceptors (Lipinski definition) is 6. The fraction of sp³-hybridized carbons (Fsp3) is 0. The highest BCUT2D eigenvalue weighted by Gasteiger charge is 2.14. The van der Waals surface area contributed by atoms with Crippen LogP contribution in [0.1, 0.15) is 16.7 Å². The molecule has 0 aliphatic heterocycles. The molecule has 0 radical (unpaired) electrons. The summed E-state index contributed by atoms with van der Waals surface area (Å²) in [5.41, 5.74) is 12.2. The molecule has 9 aromatic carbocycles. The van der Waals surface area contributed by atoms with Crippen LogP contribution in [0.5, 0.6) is 0 Å². The first-order valence-electron chi connectivity index (χ1n) is 20.1. The minimum absolute atomic E-state index is 0.474. The summed E-state index contributed by atoms with van der Waals surface area (Å²) in [6.07, 6.45) is 0. The third-order valence-electron chi connectivity index (χ3n) is 11.3. The van der Waals surface area contributed by atoms with Crippen LogP contribution < -0.4 is 0 Å². The van der Waals surface area contributed by atoms with Gasteiger partial charge in [0.1, 0.15) is 0 Å². The zero-order valence-electron chi connectivity index (χ0n) is 33.2. The Labute approximate surface area is 358 Å². The normalized spacial score (nSPS) is 10.9. The summed E-state index contributed by atoms with van der Waals surface area (Å²) in [7, 11) is 0. The van der Waals surface area contributed by atoms with Crippen molar-refractivity contribution in [2.45, 2.75) is 0 Å². The van der Waals surface area contributed by atoms with Gasteiger partial charge in [-0.25, -0.2) is 15.0 Å². The summed E-state index contributed by atoms with van der Waals surface area (Å²) in [6.45, 7) is 0. The molecule has 0 aliphatic rings. The van der Waals surface area contributed by atoms with Gasteiger partial charge in [0.2, 0.25) is 0 Å². The van der Waals surface area contributed by atoms with E-state index < -0.39 is 0 Å². The SMILES string of the molecule is N#Cc1ccc(-c2nc(-c3ccc(C#N)cc3)nc(-c3ccc(-c4cccc(-c5ccc(-c6ccc(-c7ccc8c(ccc9ccccc98)c7)cc6)cc5C#N)c4)cc3)n2)cc1. The Kier molecular flexibility index (Phi) is 9.60. The molecule has 0 spiro atoms. The van der Waals surface area contributed by atoms with Crippen molar-refractivity contribution in [3.05, 3.63) is 211 Å². The highest BCUT2D eigenvalue weighted by atomic mass is 15.0. The monoisotopic (exact) mass is 788 g/mol. The minimum atomic E-state index is 0.474. The van der Waals surface area contributed by atoms with E-state index in [1.807, 2.05) is 72.8 Å². The first-order chi connectivity index (χ1) is 30.5. The minimum Gasteiger partial charge on any atom is -0.208 e. The third kappa shape index (κ3) is 7.20. The van der Waals surface area contributed by atoms with Crippen LogP contribution in [-0.4, -0.2) is 15.0 Å². The molecule has 0 unspecified atom stereocenters. The molecule has 0 fully saturated rings. The smallest absolute Gasteiger partial charge is 0.164 e. The number of nitrogens with zero attached hydrogens (tertiary/aromatic N) is 6. The molecule has 10 aromatic rings. The van der Waals surface area contributed by atoms with Gasteiger partial charge in [0.25, 0.3) is 0 Å². The molecule has 6 nitrogen and oxygen atoms in total. The summed E-state index contributed by atoms with van der Waals surface area (Å²) in [4.78, 5) is 14.5. The number of hydrogen-bond donors (Lipinski definition) is 0. The predicted octanol–water partition coefficient (Wildman–Crippen LogP) is 13.5. The largest absolute Gasteiger partial charge is 0.208 e. The highest BCUT2D eigenvalue weighted by Crippen LogP contribution is 2.35. The molecule has 0 N–H and O–H groups in total. The number of fused-ring (bicyclic) bond motifs is 3. The zero-order chi connectivity index (χ0) is 42.0. The van der Waals surface area contributed by atoms with E-state index in [1.54, 1.807) is 24.3 Å². The van der Waals surface area contributed by atoms with Crippen molar-refractivity contribution in [1.82, 2.24) is 15.0 Å². The van der Waals surface area contributed by atoms with Gasteiger partial charge in [-0.1, -0.05) is 127 Å². The lowest BCUT2D eigenvalue weighted by atomic mass is 9.92. The molecule has 62 heavy (non-hydrogen) atoms. The fourth-order valence-electron chi connectivity index (χ4n) is 7.94. The lowest BCUT2D eigenvalue weighted by Gasteiger charge is -2.11. The van der Waals surface area contributed by atoms with Gasteiger partial charge in [0, 0.05) is 16.7 Å². The van der Waals surface area contributed by atoms with E-state index in [-0.39, 0.29) is 0 Å². The molecule has 1 aromatic heterocycles. The zero-order valence-corrected chi connectivity index (χ0v) is 33.2. The summed E-state index contributed by atoms with van der Waals surface area (Å²) >= 11 is 0. The van der Waals surface area contributed by atoms with Gasteiger partial charge in [0.05, 0.1) is 34.9 Å². The van der Waals surface area contributed by atoms with E-state index in [0.717, 1.165) is 61.2 Å². The van der Waals surface area contributed by atoms with E-state index in [2.05, 4.69) is 115 Å². The third-order valence-corrected chi connectivity index (χ3v) is 11.3. The molecule has 10 rings (SSSR count). The van der Waals surface area contributed by atoms with Crippen LogP contribution in [0.15, 0.2) is 194 Å². The van der Waals surface area contributed by atoms with Crippen molar-refractivity contribution in [1.29, 1.82) is 15.8 Å². The van der Waals surface area contributed by atoms with E-state index in [9.17, 15) is 15.8 Å². The van der Waals surface area contributed by atoms with Crippen LogP contribution in [0, 0.1) is 34.0 Å². The van der Waals surface area contributed by atoms with Gasteiger partial charge >= 0.3 is 0 Å². The molecule has 0 saturated heterocycles. The molecule has 0 atom stereocenters. The lowest BCUT2D eigenvalue weighted by molar-refractivity contribution is 1.07. The quantitative estimate of drug-likeness (QED) is 0.149. The topological polar surface area (TPSA) is 110 Å². The van der Waals surface area contributed by atoms with E-state index in [0.29, 0.717) is 34.2 Å². The van der Waals surface area contributed by atoms with Crippen molar-refractivity contribution < 1.29 is 0 Å². The van der Waals surface area contributed by atoms with Gasteiger partial charge in [0.15, 0.2) is 17.5 Å². The second-order valence-corrected chi connectivity index (χ2v) is 15.0. The van der Waals surface area contributed by atoms with Crippen molar-refractivity contribution >= 4 is 21.5 Å². The van der Waals surface area contributed by atoms with Gasteiger partial charge in [-0.05, 0) is 133 Å². The van der Waals surface area contributed by atoms with Gasteiger partial charge in [-0.15, -0.1) is 0 Å². The fourth-order valence-corrected chi connectivity index (χ4v) is 7.94. The summed E-state index contributed by atoms with van der Waals surface area (Å²) in [5.74, 6) is 1.44. The van der Waals surface area contributed by atoms with E-state index in [4.69, 9.17) is 15.0 Å². The molecule has 0 bridgehead atoms. The molecule has 0 amide bonds. The van der Waals surface area contributed by atoms with Crippen molar-refractivity contribution in [3.8, 4) is 96.9 Å². The van der Waals surface area contributed by atoms with Crippen LogP contribution in [0.3, 0.4) is 0 Å². The lowest BCUT2D eigenvalue weighted by Crippen LogP contribution is -2.00. The second kappa shape index (κ2) is 16.0. The van der Waals surface area contributed by atoms with Crippen LogP contribution >= 0.6 is 0 Å². The number of benzene rings is 9. The predicted molar refractivity (Wildman–Crippen MR) is 247 cm³/mol. The molecule has 286 valence electrons. The van der Waals surface area contributed by atoms with Crippen LogP contribution in [-0.2, 0) is 0 Å². The number of rotatable bonds is 7. The van der Waals surface area contributed by atoms with E-state index >= 15 is 0 Å². The maximum absolute atomic E-state index is 10.4. The first-order valence-corrected chi connectivity index (χ1v) is 20.1. The van der Waals surface area contributed by atoms with Gasteiger partial charge < -0.3 is 0 Å². The Morgan fingerprint density at radius 2 is 0.726 bits per heavy atom. The summed E-state index contributed by atoms with van der Waals surface area (Å²) < 4.78 is 0. The van der Waals surface area contributed by atoms with Gasteiger partial charge in [-0.3, -0.25) is 0 Å². The van der Waals surface area contributed by atoms with Gasteiger partial charge in [-0.2, -0.15) is 15.8 Å². The van der Waals surface area contributed by atoms with Crippen molar-refractivity contribution in [2.24, 2.45) is 0 Å². The molecule has 0 aliphatic carbocycles.